The number of aromatic amines is 1. The quantitative estimate of drug-likeness (QED) is 0.492. The van der Waals surface area contributed by atoms with E-state index in [9.17, 15) is 18.0 Å². The van der Waals surface area contributed by atoms with E-state index in [1.54, 1.807) is 29.5 Å². The van der Waals surface area contributed by atoms with Crippen LogP contribution in [-0.4, -0.2) is 39.5 Å². The SMILES string of the molecule is O=C1N=C(N2CCCO2)SC1=C(Cc1ccc(Cl)cc1C(F)(F)F)c1ccc2[nH]ncc2c1. The molecule has 0 atom stereocenters. The Morgan fingerprint density at radius 2 is 2.09 bits per heavy atom. The van der Waals surface area contributed by atoms with Crippen molar-refractivity contribution >= 4 is 50.9 Å². The number of halogens is 4. The fourth-order valence-electron chi connectivity index (χ4n) is 3.79. The molecular weight excluding hydrogens is 477 g/mol. The summed E-state index contributed by atoms with van der Waals surface area (Å²) in [5, 5.41) is 9.55. The van der Waals surface area contributed by atoms with Gasteiger partial charge in [0.05, 0.1) is 35.3 Å². The second-order valence-electron chi connectivity index (χ2n) is 7.55. The van der Waals surface area contributed by atoms with E-state index in [4.69, 9.17) is 16.4 Å². The van der Waals surface area contributed by atoms with Crippen molar-refractivity contribution in [2.75, 3.05) is 13.2 Å². The Kier molecular flexibility index (Phi) is 5.67. The van der Waals surface area contributed by atoms with Gasteiger partial charge in [0.15, 0.2) is 5.17 Å². The van der Waals surface area contributed by atoms with Crippen LogP contribution in [0, 0.1) is 0 Å². The summed E-state index contributed by atoms with van der Waals surface area (Å²) >= 11 is 6.97. The first-order valence-corrected chi connectivity index (χ1v) is 11.2. The van der Waals surface area contributed by atoms with E-state index in [2.05, 4.69) is 15.2 Å². The normalized spacial score (nSPS) is 18.4. The maximum absolute atomic E-state index is 13.8. The summed E-state index contributed by atoms with van der Waals surface area (Å²) < 4.78 is 41.3. The number of allylic oxidation sites excluding steroid dienone is 1. The van der Waals surface area contributed by atoms with E-state index < -0.39 is 17.6 Å². The van der Waals surface area contributed by atoms with E-state index in [1.807, 2.05) is 0 Å². The highest BCUT2D eigenvalue weighted by Crippen LogP contribution is 2.41. The fraction of sp³-hybridized carbons (Fsp3) is 0.227. The van der Waals surface area contributed by atoms with Crippen LogP contribution < -0.4 is 0 Å². The first-order valence-electron chi connectivity index (χ1n) is 10.0. The van der Waals surface area contributed by atoms with Crippen molar-refractivity contribution in [3.8, 4) is 0 Å². The van der Waals surface area contributed by atoms with Crippen LogP contribution in [0.5, 0.6) is 0 Å². The van der Waals surface area contributed by atoms with Gasteiger partial charge in [-0.15, -0.1) is 0 Å². The van der Waals surface area contributed by atoms with Crippen LogP contribution in [0.25, 0.3) is 16.5 Å². The summed E-state index contributed by atoms with van der Waals surface area (Å²) in [5.74, 6) is -0.504. The minimum atomic E-state index is -4.59. The second-order valence-corrected chi connectivity index (χ2v) is 8.96. The van der Waals surface area contributed by atoms with Crippen LogP contribution in [0.1, 0.15) is 23.1 Å². The number of rotatable bonds is 3. The van der Waals surface area contributed by atoms with Crippen molar-refractivity contribution in [1.82, 2.24) is 15.3 Å². The topological polar surface area (TPSA) is 70.6 Å². The third kappa shape index (κ3) is 4.38. The number of H-pyrrole nitrogens is 1. The van der Waals surface area contributed by atoms with Gasteiger partial charge in [0.25, 0.3) is 5.91 Å². The lowest BCUT2D eigenvalue weighted by atomic mass is 9.93. The molecule has 3 aromatic rings. The predicted octanol–water partition coefficient (Wildman–Crippen LogP) is 5.46. The number of alkyl halides is 3. The summed E-state index contributed by atoms with van der Waals surface area (Å²) in [5.41, 5.74) is 1.01. The Bertz CT molecular complexity index is 1310. The molecule has 11 heteroatoms. The van der Waals surface area contributed by atoms with Gasteiger partial charge in [0.1, 0.15) is 0 Å². The van der Waals surface area contributed by atoms with Crippen LogP contribution in [0.2, 0.25) is 5.02 Å². The van der Waals surface area contributed by atoms with Crippen LogP contribution >= 0.6 is 23.4 Å². The van der Waals surface area contributed by atoms with Crippen molar-refractivity contribution in [3.63, 3.8) is 0 Å². The zero-order chi connectivity index (χ0) is 23.2. The molecule has 1 amide bonds. The molecule has 0 bridgehead atoms. The fourth-order valence-corrected chi connectivity index (χ4v) is 4.97. The predicted molar refractivity (Wildman–Crippen MR) is 120 cm³/mol. The Hall–Kier alpha value is -2.82. The molecule has 0 unspecified atom stereocenters. The van der Waals surface area contributed by atoms with Gasteiger partial charge in [-0.25, -0.2) is 5.06 Å². The largest absolute Gasteiger partial charge is 0.416 e. The molecule has 170 valence electrons. The first-order chi connectivity index (χ1) is 15.8. The van der Waals surface area contributed by atoms with Crippen molar-refractivity contribution in [1.29, 1.82) is 0 Å². The smallest absolute Gasteiger partial charge is 0.278 e. The van der Waals surface area contributed by atoms with Gasteiger partial charge >= 0.3 is 6.18 Å². The number of hydrogen-bond acceptors (Lipinski definition) is 5. The number of thioether (sulfide) groups is 1. The molecule has 5 rings (SSSR count). The number of aliphatic imine (C=N–C) groups is 1. The molecule has 2 aromatic carbocycles. The van der Waals surface area contributed by atoms with Gasteiger partial charge in [-0.2, -0.15) is 23.3 Å². The number of hydrogen-bond donors (Lipinski definition) is 1. The standard InChI is InChI=1S/C22H16ClF3N4O2S/c23-15-4-2-13(17(10-15)22(24,25)26)9-16(12-3-5-18-14(8-12)11-27-29-18)19-20(31)28-21(33-19)30-6-1-7-32-30/h2-5,8,10-11H,1,6-7,9H2,(H,27,29). The lowest BCUT2D eigenvalue weighted by molar-refractivity contribution is -0.138. The molecule has 0 saturated carbocycles. The molecule has 0 radical (unpaired) electrons. The summed E-state index contributed by atoms with van der Waals surface area (Å²) in [6.45, 7) is 1.12. The molecule has 2 aliphatic rings. The number of hydroxylamine groups is 2. The number of aromatic nitrogens is 2. The summed E-state index contributed by atoms with van der Waals surface area (Å²) in [4.78, 5) is 22.7. The van der Waals surface area contributed by atoms with Crippen molar-refractivity contribution in [3.05, 3.63) is 69.2 Å². The van der Waals surface area contributed by atoms with Gasteiger partial charge in [-0.3, -0.25) is 14.7 Å². The Morgan fingerprint density at radius 1 is 1.24 bits per heavy atom. The molecular formula is C22H16ClF3N4O2S. The molecule has 2 aliphatic heterocycles. The van der Waals surface area contributed by atoms with E-state index >= 15 is 0 Å². The number of fused-ring (bicyclic) bond motifs is 1. The number of amides is 1. The number of benzene rings is 2. The Morgan fingerprint density at radius 3 is 2.85 bits per heavy atom. The average molecular weight is 493 g/mol. The van der Waals surface area contributed by atoms with Crippen molar-refractivity contribution in [2.24, 2.45) is 4.99 Å². The van der Waals surface area contributed by atoms with Crippen molar-refractivity contribution < 1.29 is 22.8 Å². The number of carbonyl (C=O) groups is 1. The molecule has 1 N–H and O–H groups in total. The highest BCUT2D eigenvalue weighted by atomic mass is 35.5. The zero-order valence-electron chi connectivity index (χ0n) is 16.9. The van der Waals surface area contributed by atoms with Crippen molar-refractivity contribution in [2.45, 2.75) is 19.0 Å². The van der Waals surface area contributed by atoms with Gasteiger partial charge in [0, 0.05) is 10.4 Å². The summed E-state index contributed by atoms with van der Waals surface area (Å²) in [7, 11) is 0. The number of carbonyl (C=O) groups excluding carboxylic acids is 1. The molecule has 1 saturated heterocycles. The molecule has 1 aromatic heterocycles. The number of nitrogens with zero attached hydrogens (tertiary/aromatic N) is 3. The van der Waals surface area contributed by atoms with Crippen LogP contribution in [0.15, 0.2) is 52.5 Å². The van der Waals surface area contributed by atoms with Crippen LogP contribution in [0.4, 0.5) is 13.2 Å². The number of nitrogens with one attached hydrogen (secondary N) is 1. The van der Waals surface area contributed by atoms with Crippen LogP contribution in [0.3, 0.4) is 0 Å². The molecule has 33 heavy (non-hydrogen) atoms. The maximum Gasteiger partial charge on any atom is 0.416 e. The van der Waals surface area contributed by atoms with E-state index in [0.29, 0.717) is 29.5 Å². The minimum absolute atomic E-state index is 0.0109. The lowest BCUT2D eigenvalue weighted by Crippen LogP contribution is -2.22. The van der Waals surface area contributed by atoms with Gasteiger partial charge in [-0.1, -0.05) is 23.7 Å². The highest BCUT2D eigenvalue weighted by molar-refractivity contribution is 8.18. The Labute approximate surface area is 195 Å². The molecule has 3 heterocycles. The summed E-state index contributed by atoms with van der Waals surface area (Å²) in [6.07, 6.45) is -2.31. The zero-order valence-corrected chi connectivity index (χ0v) is 18.5. The maximum atomic E-state index is 13.8. The first kappa shape index (κ1) is 22.0. The molecule has 0 spiro atoms. The van der Waals surface area contributed by atoms with Crippen LogP contribution in [-0.2, 0) is 22.2 Å². The highest BCUT2D eigenvalue weighted by Gasteiger charge is 2.35. The third-order valence-corrected chi connectivity index (χ3v) is 6.70. The molecule has 0 aliphatic carbocycles. The van der Waals surface area contributed by atoms with Gasteiger partial charge in [-0.05, 0) is 65.6 Å². The van der Waals surface area contributed by atoms with Gasteiger partial charge < -0.3 is 0 Å². The minimum Gasteiger partial charge on any atom is -0.278 e. The van der Waals surface area contributed by atoms with E-state index in [0.717, 1.165) is 35.2 Å². The third-order valence-electron chi connectivity index (χ3n) is 5.36. The summed E-state index contributed by atoms with van der Waals surface area (Å²) in [6, 6.07) is 8.99. The lowest BCUT2D eigenvalue weighted by Gasteiger charge is -2.17. The Balaban J connectivity index is 1.62. The average Bonchev–Trinajstić information content (AvgIpc) is 3.52. The van der Waals surface area contributed by atoms with Gasteiger partial charge in [0.2, 0.25) is 0 Å². The molecule has 6 nitrogen and oxygen atoms in total. The monoisotopic (exact) mass is 492 g/mol. The van der Waals surface area contributed by atoms with E-state index in [1.165, 1.54) is 12.1 Å². The molecule has 1 fully saturated rings. The number of amidine groups is 1. The van der Waals surface area contributed by atoms with E-state index in [-0.39, 0.29) is 21.9 Å². The second kappa shape index (κ2) is 8.51.